The van der Waals surface area contributed by atoms with E-state index in [1.165, 1.54) is 28.4 Å². The first-order valence-electron chi connectivity index (χ1n) is 9.06. The molecule has 2 N–H and O–H groups in total. The minimum absolute atomic E-state index is 0.0699. The van der Waals surface area contributed by atoms with E-state index in [9.17, 15) is 9.59 Å². The van der Waals surface area contributed by atoms with Gasteiger partial charge in [0.25, 0.3) is 5.91 Å². The van der Waals surface area contributed by atoms with Gasteiger partial charge in [-0.25, -0.2) is 0 Å². The summed E-state index contributed by atoms with van der Waals surface area (Å²) in [5, 5.41) is 0. The van der Waals surface area contributed by atoms with Gasteiger partial charge in [0, 0.05) is 17.5 Å². The summed E-state index contributed by atoms with van der Waals surface area (Å²) in [5.74, 6) is 0.803. The third-order valence-corrected chi connectivity index (χ3v) is 4.73. The van der Waals surface area contributed by atoms with Gasteiger partial charge in [-0.3, -0.25) is 9.59 Å². The Bertz CT molecular complexity index is 972. The smallest absolute Gasteiger partial charge is 0.312 e. The standard InChI is InChI=1S/C21H23NO8/c1-25-13-6-5-11(7-14(13)29-10-17(22)23)12-8-18(24)30-15-9-16(26-2)20(27-3)21(28-4)19(12)15/h5-7,9,12H,8,10H2,1-4H3,(H2,22,23)/t12-/m0/s1. The maximum absolute atomic E-state index is 12.3. The van der Waals surface area contributed by atoms with Crippen LogP contribution in [0.3, 0.4) is 0 Å². The van der Waals surface area contributed by atoms with E-state index in [4.69, 9.17) is 34.2 Å². The molecule has 0 aromatic heterocycles. The number of carbonyl (C=O) groups excluding carboxylic acids is 2. The van der Waals surface area contributed by atoms with Crippen LogP contribution in [0.2, 0.25) is 0 Å². The lowest BCUT2D eigenvalue weighted by Crippen LogP contribution is -2.22. The summed E-state index contributed by atoms with van der Waals surface area (Å²) in [4.78, 5) is 23.5. The van der Waals surface area contributed by atoms with Crippen molar-refractivity contribution in [2.75, 3.05) is 35.0 Å². The molecule has 1 aliphatic rings. The summed E-state index contributed by atoms with van der Waals surface area (Å²) >= 11 is 0. The molecule has 9 heteroatoms. The second-order valence-electron chi connectivity index (χ2n) is 6.45. The van der Waals surface area contributed by atoms with Crippen molar-refractivity contribution in [1.29, 1.82) is 0 Å². The fourth-order valence-electron chi connectivity index (χ4n) is 3.46. The molecule has 9 nitrogen and oxygen atoms in total. The molecule has 0 aliphatic carbocycles. The van der Waals surface area contributed by atoms with E-state index in [0.717, 1.165) is 5.56 Å². The number of primary amides is 1. The van der Waals surface area contributed by atoms with Crippen LogP contribution in [0.5, 0.6) is 34.5 Å². The predicted molar refractivity (Wildman–Crippen MR) is 106 cm³/mol. The van der Waals surface area contributed by atoms with E-state index in [1.807, 2.05) is 0 Å². The molecule has 0 radical (unpaired) electrons. The second-order valence-corrected chi connectivity index (χ2v) is 6.45. The van der Waals surface area contributed by atoms with E-state index in [2.05, 4.69) is 0 Å². The summed E-state index contributed by atoms with van der Waals surface area (Å²) in [6.07, 6.45) is 0.0699. The summed E-state index contributed by atoms with van der Waals surface area (Å²) in [6, 6.07) is 6.79. The fourth-order valence-corrected chi connectivity index (χ4v) is 3.46. The number of benzene rings is 2. The Balaban J connectivity index is 2.16. The molecule has 1 amide bonds. The number of amides is 1. The molecule has 0 fully saturated rings. The van der Waals surface area contributed by atoms with Crippen molar-refractivity contribution < 1.29 is 38.0 Å². The molecule has 1 aliphatic heterocycles. The SMILES string of the molecule is COc1ccc([C@@H]2CC(=O)Oc3cc(OC)c(OC)c(OC)c32)cc1OCC(N)=O. The van der Waals surface area contributed by atoms with Gasteiger partial charge in [-0.2, -0.15) is 0 Å². The maximum atomic E-state index is 12.3. The first-order chi connectivity index (χ1) is 14.4. The largest absolute Gasteiger partial charge is 0.493 e. The van der Waals surface area contributed by atoms with Crippen molar-refractivity contribution in [2.24, 2.45) is 5.73 Å². The fraction of sp³-hybridized carbons (Fsp3) is 0.333. The third-order valence-electron chi connectivity index (χ3n) is 4.73. The first-order valence-corrected chi connectivity index (χ1v) is 9.06. The molecule has 0 saturated heterocycles. The monoisotopic (exact) mass is 417 g/mol. The quantitative estimate of drug-likeness (QED) is 0.512. The summed E-state index contributed by atoms with van der Waals surface area (Å²) in [5.41, 5.74) is 6.56. The van der Waals surface area contributed by atoms with E-state index in [0.29, 0.717) is 40.1 Å². The van der Waals surface area contributed by atoms with Crippen LogP contribution in [0.25, 0.3) is 0 Å². The van der Waals surface area contributed by atoms with Crippen LogP contribution < -0.4 is 34.2 Å². The van der Waals surface area contributed by atoms with Crippen LogP contribution in [0.4, 0.5) is 0 Å². The van der Waals surface area contributed by atoms with Gasteiger partial charge in [-0.05, 0) is 17.7 Å². The Morgan fingerprint density at radius 2 is 1.70 bits per heavy atom. The van der Waals surface area contributed by atoms with Gasteiger partial charge < -0.3 is 34.2 Å². The molecule has 0 unspecified atom stereocenters. The van der Waals surface area contributed by atoms with Crippen molar-refractivity contribution in [3.63, 3.8) is 0 Å². The van der Waals surface area contributed by atoms with Gasteiger partial charge in [0.2, 0.25) is 5.75 Å². The Hall–Kier alpha value is -3.62. The van der Waals surface area contributed by atoms with Gasteiger partial charge in [-0.1, -0.05) is 6.07 Å². The predicted octanol–water partition coefficient (Wildman–Crippen LogP) is 2.03. The van der Waals surface area contributed by atoms with Gasteiger partial charge in [-0.15, -0.1) is 0 Å². The molecule has 0 bridgehead atoms. The van der Waals surface area contributed by atoms with E-state index >= 15 is 0 Å². The highest BCUT2D eigenvalue weighted by molar-refractivity contribution is 5.80. The minimum Gasteiger partial charge on any atom is -0.493 e. The van der Waals surface area contributed by atoms with Crippen LogP contribution in [-0.2, 0) is 9.59 Å². The van der Waals surface area contributed by atoms with Gasteiger partial charge >= 0.3 is 5.97 Å². The molecule has 1 heterocycles. The molecule has 3 rings (SSSR count). The lowest BCUT2D eigenvalue weighted by molar-refractivity contribution is -0.135. The minimum atomic E-state index is -0.618. The Kier molecular flexibility index (Phi) is 6.20. The lowest BCUT2D eigenvalue weighted by atomic mass is 9.85. The Morgan fingerprint density at radius 3 is 2.30 bits per heavy atom. The van der Waals surface area contributed by atoms with Crippen molar-refractivity contribution in [2.45, 2.75) is 12.3 Å². The molecule has 2 aromatic carbocycles. The highest BCUT2D eigenvalue weighted by Crippen LogP contribution is 2.52. The highest BCUT2D eigenvalue weighted by Gasteiger charge is 2.35. The number of hydrogen-bond acceptors (Lipinski definition) is 8. The van der Waals surface area contributed by atoms with Crippen molar-refractivity contribution in [3.8, 4) is 34.5 Å². The molecule has 0 spiro atoms. The number of fused-ring (bicyclic) bond motifs is 1. The lowest BCUT2D eigenvalue weighted by Gasteiger charge is -2.28. The zero-order valence-electron chi connectivity index (χ0n) is 17.1. The van der Waals surface area contributed by atoms with Crippen LogP contribution in [0.1, 0.15) is 23.5 Å². The zero-order chi connectivity index (χ0) is 21.8. The summed E-state index contributed by atoms with van der Waals surface area (Å²) in [7, 11) is 5.97. The normalized spacial score (nSPS) is 14.9. The van der Waals surface area contributed by atoms with Crippen LogP contribution in [0.15, 0.2) is 24.3 Å². The van der Waals surface area contributed by atoms with E-state index < -0.39 is 17.8 Å². The number of methoxy groups -OCH3 is 4. The van der Waals surface area contributed by atoms with Crippen LogP contribution in [-0.4, -0.2) is 46.9 Å². The highest BCUT2D eigenvalue weighted by atomic mass is 16.6. The molecule has 160 valence electrons. The topological polar surface area (TPSA) is 116 Å². The number of hydrogen-bond donors (Lipinski definition) is 1. The third kappa shape index (κ3) is 3.91. The first kappa shape index (κ1) is 21.1. The zero-order valence-corrected chi connectivity index (χ0v) is 17.1. The van der Waals surface area contributed by atoms with Crippen molar-refractivity contribution in [3.05, 3.63) is 35.4 Å². The van der Waals surface area contributed by atoms with E-state index in [1.54, 1.807) is 24.3 Å². The van der Waals surface area contributed by atoms with Gasteiger partial charge in [0.1, 0.15) is 5.75 Å². The van der Waals surface area contributed by atoms with E-state index in [-0.39, 0.29) is 13.0 Å². The molecule has 1 atom stereocenters. The molecule has 0 saturated carbocycles. The number of esters is 1. The van der Waals surface area contributed by atoms with Crippen LogP contribution in [0, 0.1) is 0 Å². The summed E-state index contributed by atoms with van der Waals surface area (Å²) in [6.45, 7) is -0.308. The second kappa shape index (κ2) is 8.81. The maximum Gasteiger partial charge on any atom is 0.312 e. The van der Waals surface area contributed by atoms with Crippen molar-refractivity contribution in [1.82, 2.24) is 0 Å². The Labute approximate surface area is 173 Å². The average molecular weight is 417 g/mol. The number of ether oxygens (including phenoxy) is 6. The summed E-state index contributed by atoms with van der Waals surface area (Å²) < 4.78 is 32.7. The van der Waals surface area contributed by atoms with Gasteiger partial charge in [0.15, 0.2) is 29.6 Å². The molecule has 2 aromatic rings. The molecular formula is C21H23NO8. The molecule has 30 heavy (non-hydrogen) atoms. The molecular weight excluding hydrogens is 394 g/mol. The number of nitrogens with two attached hydrogens (primary N) is 1. The Morgan fingerprint density at radius 1 is 1.00 bits per heavy atom. The van der Waals surface area contributed by atoms with Gasteiger partial charge in [0.05, 0.1) is 34.9 Å². The average Bonchev–Trinajstić information content (AvgIpc) is 2.75. The number of rotatable bonds is 8. The number of carbonyl (C=O) groups is 2. The van der Waals surface area contributed by atoms with Crippen molar-refractivity contribution >= 4 is 11.9 Å². The van der Waals surface area contributed by atoms with Crippen LogP contribution >= 0.6 is 0 Å².